The highest BCUT2D eigenvalue weighted by Gasteiger charge is 2.08. The molecule has 2 N–H and O–H groups in total. The molecule has 0 heterocycles. The molecule has 78 valence electrons. The van der Waals surface area contributed by atoms with Crippen molar-refractivity contribution in [1.29, 1.82) is 0 Å². The van der Waals surface area contributed by atoms with Crippen molar-refractivity contribution >= 4 is 22.4 Å². The number of hydrogen-bond donors (Lipinski definition) is 1. The van der Waals surface area contributed by atoms with Gasteiger partial charge >= 0.3 is 0 Å². The van der Waals surface area contributed by atoms with Crippen LogP contribution < -0.4 is 5.73 Å². The summed E-state index contributed by atoms with van der Waals surface area (Å²) in [6.07, 6.45) is 0. The minimum atomic E-state index is -0.988. The molecule has 1 aromatic rings. The Morgan fingerprint density at radius 2 is 2.29 bits per heavy atom. The molecule has 0 aliphatic carbocycles. The van der Waals surface area contributed by atoms with Crippen LogP contribution in [0, 0.1) is 5.92 Å². The number of nitrogens with two attached hydrogens (primary N) is 1. The van der Waals surface area contributed by atoms with E-state index < -0.39 is 10.8 Å². The molecule has 0 saturated carbocycles. The van der Waals surface area contributed by atoms with Crippen LogP contribution in [0.1, 0.15) is 6.92 Å². The molecule has 4 heteroatoms. The fourth-order valence-electron chi connectivity index (χ4n) is 1.03. The topological polar surface area (TPSA) is 43.1 Å². The lowest BCUT2D eigenvalue weighted by atomic mass is 10.2. The first kappa shape index (κ1) is 11.7. The van der Waals surface area contributed by atoms with Crippen molar-refractivity contribution in [3.63, 3.8) is 0 Å². The van der Waals surface area contributed by atoms with E-state index in [1.807, 2.05) is 19.1 Å². The molecule has 2 nitrogen and oxygen atoms in total. The van der Waals surface area contributed by atoms with E-state index in [1.54, 1.807) is 12.1 Å². The fourth-order valence-corrected chi connectivity index (χ4v) is 2.62. The number of benzene rings is 1. The summed E-state index contributed by atoms with van der Waals surface area (Å²) in [4.78, 5) is 0.776. The lowest BCUT2D eigenvalue weighted by molar-refractivity contribution is 0.641. The minimum absolute atomic E-state index is 0.273. The first-order valence-electron chi connectivity index (χ1n) is 4.47. The number of hydrogen-bond acceptors (Lipinski definition) is 2. The van der Waals surface area contributed by atoms with E-state index in [-0.39, 0.29) is 5.92 Å². The normalized spacial score (nSPS) is 15.1. The zero-order valence-corrected chi connectivity index (χ0v) is 9.65. The molecule has 0 amide bonds. The first-order chi connectivity index (χ1) is 6.63. The molecule has 0 bridgehead atoms. The van der Waals surface area contributed by atoms with Crippen molar-refractivity contribution in [3.8, 4) is 0 Å². The van der Waals surface area contributed by atoms with E-state index in [9.17, 15) is 4.21 Å². The maximum Gasteiger partial charge on any atom is 0.0533 e. The maximum absolute atomic E-state index is 11.8. The van der Waals surface area contributed by atoms with Gasteiger partial charge in [0.05, 0.1) is 10.8 Å². The van der Waals surface area contributed by atoms with Crippen LogP contribution in [-0.4, -0.2) is 16.5 Å². The summed E-state index contributed by atoms with van der Waals surface area (Å²) in [5, 5.41) is 0.622. The Morgan fingerprint density at radius 3 is 2.86 bits per heavy atom. The van der Waals surface area contributed by atoms with Gasteiger partial charge in [0, 0.05) is 15.7 Å². The smallest absolute Gasteiger partial charge is 0.0533 e. The van der Waals surface area contributed by atoms with E-state index in [4.69, 9.17) is 17.3 Å². The average molecular weight is 232 g/mol. The van der Waals surface area contributed by atoms with Gasteiger partial charge in [-0.05, 0) is 30.7 Å². The predicted molar refractivity (Wildman–Crippen MR) is 60.9 cm³/mol. The quantitative estimate of drug-likeness (QED) is 0.862. The zero-order chi connectivity index (χ0) is 10.6. The van der Waals surface area contributed by atoms with Crippen molar-refractivity contribution in [1.82, 2.24) is 0 Å². The second-order valence-corrected chi connectivity index (χ2v) is 5.24. The van der Waals surface area contributed by atoms with Crippen molar-refractivity contribution in [2.45, 2.75) is 11.8 Å². The molecule has 14 heavy (non-hydrogen) atoms. The number of halogens is 1. The SMILES string of the molecule is CC(CN)CS(=O)c1cccc(Cl)c1. The Bertz CT molecular complexity index is 330. The molecule has 0 fully saturated rings. The molecule has 0 radical (unpaired) electrons. The maximum atomic E-state index is 11.8. The van der Waals surface area contributed by atoms with Crippen LogP contribution >= 0.6 is 11.6 Å². The lowest BCUT2D eigenvalue weighted by Gasteiger charge is -2.07. The highest BCUT2D eigenvalue weighted by atomic mass is 35.5. The second-order valence-electron chi connectivity index (χ2n) is 3.31. The monoisotopic (exact) mass is 231 g/mol. The summed E-state index contributed by atoms with van der Waals surface area (Å²) >= 11 is 5.80. The highest BCUT2D eigenvalue weighted by Crippen LogP contribution is 2.15. The van der Waals surface area contributed by atoms with Gasteiger partial charge < -0.3 is 5.73 Å². The van der Waals surface area contributed by atoms with Gasteiger partial charge in [0.1, 0.15) is 0 Å². The molecule has 0 aliphatic heterocycles. The molecule has 0 spiro atoms. The number of rotatable bonds is 4. The van der Waals surface area contributed by atoms with E-state index in [2.05, 4.69) is 0 Å². The van der Waals surface area contributed by atoms with E-state index in [0.29, 0.717) is 17.3 Å². The standard InChI is InChI=1S/C10H14ClNOS/c1-8(6-12)7-14(13)10-4-2-3-9(11)5-10/h2-5,8H,6-7,12H2,1H3. The second kappa shape index (κ2) is 5.49. The van der Waals surface area contributed by atoms with E-state index in [0.717, 1.165) is 4.90 Å². The van der Waals surface area contributed by atoms with Gasteiger partial charge in [-0.15, -0.1) is 0 Å². The van der Waals surface area contributed by atoms with Crippen LogP contribution in [0.25, 0.3) is 0 Å². The Morgan fingerprint density at radius 1 is 1.57 bits per heavy atom. The average Bonchev–Trinajstić information content (AvgIpc) is 2.17. The van der Waals surface area contributed by atoms with Gasteiger partial charge in [-0.3, -0.25) is 4.21 Å². The van der Waals surface area contributed by atoms with Crippen LogP contribution in [0.5, 0.6) is 0 Å². The summed E-state index contributed by atoms with van der Waals surface area (Å²) in [5.41, 5.74) is 5.47. The Kier molecular flexibility index (Phi) is 4.58. The van der Waals surface area contributed by atoms with Crippen molar-refractivity contribution in [2.75, 3.05) is 12.3 Å². The summed E-state index contributed by atoms with van der Waals surface area (Å²) in [6, 6.07) is 7.14. The molecule has 2 atom stereocenters. The Labute approximate surface area is 91.9 Å². The van der Waals surface area contributed by atoms with Gasteiger partial charge in [-0.1, -0.05) is 24.6 Å². The van der Waals surface area contributed by atoms with Crippen molar-refractivity contribution in [3.05, 3.63) is 29.3 Å². The predicted octanol–water partition coefficient (Wildman–Crippen LogP) is 2.04. The van der Waals surface area contributed by atoms with Gasteiger partial charge in [0.15, 0.2) is 0 Å². The third-order valence-electron chi connectivity index (χ3n) is 1.90. The van der Waals surface area contributed by atoms with Gasteiger partial charge in [-0.2, -0.15) is 0 Å². The Balaban J connectivity index is 2.70. The van der Waals surface area contributed by atoms with Crippen LogP contribution in [0.3, 0.4) is 0 Å². The van der Waals surface area contributed by atoms with Crippen molar-refractivity contribution < 1.29 is 4.21 Å². The summed E-state index contributed by atoms with van der Waals surface area (Å²) in [7, 11) is -0.988. The van der Waals surface area contributed by atoms with Crippen LogP contribution in [0.2, 0.25) is 5.02 Å². The van der Waals surface area contributed by atoms with E-state index >= 15 is 0 Å². The summed E-state index contributed by atoms with van der Waals surface area (Å²) in [6.45, 7) is 2.55. The third-order valence-corrected chi connectivity index (χ3v) is 3.78. The fraction of sp³-hybridized carbons (Fsp3) is 0.400. The van der Waals surface area contributed by atoms with Crippen LogP contribution in [-0.2, 0) is 10.8 Å². The zero-order valence-electron chi connectivity index (χ0n) is 8.07. The Hall–Kier alpha value is -0.380. The molecule has 0 aliphatic rings. The largest absolute Gasteiger partial charge is 0.330 e. The molecular weight excluding hydrogens is 218 g/mol. The van der Waals surface area contributed by atoms with Gasteiger partial charge in [-0.25, -0.2) is 0 Å². The summed E-state index contributed by atoms with van der Waals surface area (Å²) < 4.78 is 11.8. The van der Waals surface area contributed by atoms with Gasteiger partial charge in [0.25, 0.3) is 0 Å². The molecule has 0 saturated heterocycles. The third kappa shape index (κ3) is 3.40. The molecule has 2 unspecified atom stereocenters. The molecule has 1 aromatic carbocycles. The van der Waals surface area contributed by atoms with Gasteiger partial charge in [0.2, 0.25) is 0 Å². The lowest BCUT2D eigenvalue weighted by Crippen LogP contribution is -2.17. The van der Waals surface area contributed by atoms with Crippen LogP contribution in [0.15, 0.2) is 29.2 Å². The van der Waals surface area contributed by atoms with E-state index in [1.165, 1.54) is 0 Å². The first-order valence-corrected chi connectivity index (χ1v) is 6.17. The highest BCUT2D eigenvalue weighted by molar-refractivity contribution is 7.85. The summed E-state index contributed by atoms with van der Waals surface area (Å²) in [5.74, 6) is 0.867. The van der Waals surface area contributed by atoms with Crippen LogP contribution in [0.4, 0.5) is 0 Å². The molecule has 0 aromatic heterocycles. The van der Waals surface area contributed by atoms with Crippen molar-refractivity contribution in [2.24, 2.45) is 11.7 Å². The molecular formula is C10H14ClNOS. The molecule has 1 rings (SSSR count). The minimum Gasteiger partial charge on any atom is -0.330 e.